The molecule has 1 aromatic carbocycles. The molecule has 0 spiro atoms. The molecule has 1 aromatic rings. The molecule has 0 aliphatic carbocycles. The number of amides is 2. The van der Waals surface area contributed by atoms with Crippen LogP contribution in [0.3, 0.4) is 0 Å². The second-order valence-corrected chi connectivity index (χ2v) is 6.27. The summed E-state index contributed by atoms with van der Waals surface area (Å²) in [6, 6.07) is 3.74. The first-order chi connectivity index (χ1) is 10.2. The van der Waals surface area contributed by atoms with Gasteiger partial charge in [-0.05, 0) is 39.0 Å². The Morgan fingerprint density at radius 3 is 2.50 bits per heavy atom. The normalized spacial score (nSPS) is 12.4. The van der Waals surface area contributed by atoms with E-state index < -0.39 is 17.5 Å². The number of carbonyl (C=O) groups excluding carboxylic acids is 3. The number of benzene rings is 1. The average molecular weight is 323 g/mol. The van der Waals surface area contributed by atoms with Crippen molar-refractivity contribution in [2.45, 2.75) is 32.4 Å². The SMILES string of the molecule is CC(C)(C)NC(=O)c1ccc(NC(=O)C(N)CS)cc1C=O. The van der Waals surface area contributed by atoms with Crippen LogP contribution in [-0.4, -0.2) is 35.4 Å². The summed E-state index contributed by atoms with van der Waals surface area (Å²) in [4.78, 5) is 35.0. The number of nitrogens with one attached hydrogen (secondary N) is 2. The van der Waals surface area contributed by atoms with Crippen molar-refractivity contribution < 1.29 is 14.4 Å². The molecule has 0 radical (unpaired) electrons. The van der Waals surface area contributed by atoms with Crippen molar-refractivity contribution in [1.29, 1.82) is 0 Å². The van der Waals surface area contributed by atoms with Crippen molar-refractivity contribution in [3.8, 4) is 0 Å². The van der Waals surface area contributed by atoms with E-state index in [1.54, 1.807) is 6.07 Å². The van der Waals surface area contributed by atoms with E-state index >= 15 is 0 Å². The van der Waals surface area contributed by atoms with Gasteiger partial charge < -0.3 is 16.4 Å². The molecule has 1 atom stereocenters. The quantitative estimate of drug-likeness (QED) is 0.483. The molecule has 0 heterocycles. The Morgan fingerprint density at radius 2 is 2.00 bits per heavy atom. The molecule has 1 unspecified atom stereocenters. The van der Waals surface area contributed by atoms with Crippen molar-refractivity contribution in [2.75, 3.05) is 11.1 Å². The van der Waals surface area contributed by atoms with Crippen LogP contribution >= 0.6 is 12.6 Å². The van der Waals surface area contributed by atoms with E-state index in [1.165, 1.54) is 12.1 Å². The van der Waals surface area contributed by atoms with E-state index in [4.69, 9.17) is 5.73 Å². The predicted octanol–water partition coefficient (Wildman–Crippen LogP) is 1.22. The maximum Gasteiger partial charge on any atom is 0.252 e. The topological polar surface area (TPSA) is 101 Å². The third-order valence-corrected chi connectivity index (χ3v) is 3.11. The molecule has 120 valence electrons. The van der Waals surface area contributed by atoms with Gasteiger partial charge in [0.2, 0.25) is 5.91 Å². The van der Waals surface area contributed by atoms with Gasteiger partial charge in [0, 0.05) is 28.1 Å². The number of anilines is 1. The summed E-state index contributed by atoms with van der Waals surface area (Å²) in [6.07, 6.45) is 0.575. The minimum absolute atomic E-state index is 0.194. The Balaban J connectivity index is 2.99. The van der Waals surface area contributed by atoms with Crippen LogP contribution in [0.15, 0.2) is 18.2 Å². The summed E-state index contributed by atoms with van der Waals surface area (Å²) in [5.41, 5.74) is 5.99. The molecule has 0 aliphatic rings. The van der Waals surface area contributed by atoms with E-state index in [-0.39, 0.29) is 22.8 Å². The maximum absolute atomic E-state index is 12.1. The van der Waals surface area contributed by atoms with Gasteiger partial charge in [0.15, 0.2) is 6.29 Å². The third kappa shape index (κ3) is 5.16. The highest BCUT2D eigenvalue weighted by Gasteiger charge is 2.19. The van der Waals surface area contributed by atoms with Crippen LogP contribution in [0.25, 0.3) is 0 Å². The Bertz CT molecular complexity index is 582. The molecule has 1 rings (SSSR count). The van der Waals surface area contributed by atoms with Gasteiger partial charge in [-0.2, -0.15) is 12.6 Å². The molecule has 4 N–H and O–H groups in total. The Morgan fingerprint density at radius 1 is 1.36 bits per heavy atom. The summed E-state index contributed by atoms with van der Waals surface area (Å²) < 4.78 is 0. The maximum atomic E-state index is 12.1. The van der Waals surface area contributed by atoms with Crippen LogP contribution in [0.5, 0.6) is 0 Å². The number of nitrogens with two attached hydrogens (primary N) is 1. The average Bonchev–Trinajstić information content (AvgIpc) is 2.44. The minimum Gasteiger partial charge on any atom is -0.347 e. The van der Waals surface area contributed by atoms with E-state index in [9.17, 15) is 14.4 Å². The second-order valence-electron chi connectivity index (χ2n) is 5.90. The molecular weight excluding hydrogens is 302 g/mol. The first-order valence-electron chi connectivity index (χ1n) is 6.77. The molecule has 0 saturated carbocycles. The number of carbonyl (C=O) groups is 3. The zero-order valence-corrected chi connectivity index (χ0v) is 13.7. The predicted molar refractivity (Wildman–Crippen MR) is 89.5 cm³/mol. The lowest BCUT2D eigenvalue weighted by atomic mass is 10.0. The fraction of sp³-hybridized carbons (Fsp3) is 0.400. The second kappa shape index (κ2) is 7.42. The van der Waals surface area contributed by atoms with E-state index in [1.807, 2.05) is 20.8 Å². The third-order valence-electron chi connectivity index (χ3n) is 2.71. The number of hydrogen-bond acceptors (Lipinski definition) is 5. The minimum atomic E-state index is -0.744. The molecule has 6 nitrogen and oxygen atoms in total. The van der Waals surface area contributed by atoms with Crippen molar-refractivity contribution in [2.24, 2.45) is 5.73 Å². The van der Waals surface area contributed by atoms with Crippen molar-refractivity contribution in [3.63, 3.8) is 0 Å². The van der Waals surface area contributed by atoms with Gasteiger partial charge in [0.25, 0.3) is 5.91 Å². The molecule has 0 fully saturated rings. The van der Waals surface area contributed by atoms with Gasteiger partial charge in [-0.1, -0.05) is 0 Å². The molecule has 0 aromatic heterocycles. The highest BCUT2D eigenvalue weighted by Crippen LogP contribution is 2.16. The first-order valence-corrected chi connectivity index (χ1v) is 7.40. The summed E-state index contributed by atoms with van der Waals surface area (Å²) in [7, 11) is 0. The van der Waals surface area contributed by atoms with E-state index in [2.05, 4.69) is 23.3 Å². The monoisotopic (exact) mass is 323 g/mol. The number of aldehydes is 1. The lowest BCUT2D eigenvalue weighted by Gasteiger charge is -2.21. The van der Waals surface area contributed by atoms with Crippen molar-refractivity contribution in [1.82, 2.24) is 5.32 Å². The molecule has 0 aliphatic heterocycles. The molecule has 2 amide bonds. The number of rotatable bonds is 5. The van der Waals surface area contributed by atoms with Crippen LogP contribution in [0.2, 0.25) is 0 Å². The molecular formula is C15H21N3O3S. The highest BCUT2D eigenvalue weighted by atomic mass is 32.1. The van der Waals surface area contributed by atoms with Gasteiger partial charge in [0.1, 0.15) is 0 Å². The van der Waals surface area contributed by atoms with Crippen LogP contribution in [0.4, 0.5) is 5.69 Å². The van der Waals surface area contributed by atoms with Crippen LogP contribution in [0, 0.1) is 0 Å². The van der Waals surface area contributed by atoms with Gasteiger partial charge in [0.05, 0.1) is 6.04 Å². The molecule has 0 bridgehead atoms. The Hall–Kier alpha value is -1.86. The largest absolute Gasteiger partial charge is 0.347 e. The number of thiol groups is 1. The van der Waals surface area contributed by atoms with Crippen LogP contribution in [0.1, 0.15) is 41.5 Å². The van der Waals surface area contributed by atoms with Crippen molar-refractivity contribution in [3.05, 3.63) is 29.3 Å². The summed E-state index contributed by atoms with van der Waals surface area (Å²) in [5, 5.41) is 5.36. The number of hydrogen-bond donors (Lipinski definition) is 4. The fourth-order valence-corrected chi connectivity index (χ4v) is 1.84. The summed E-state index contributed by atoms with van der Waals surface area (Å²) in [6.45, 7) is 5.54. The zero-order valence-electron chi connectivity index (χ0n) is 12.8. The standard InChI is InChI=1S/C15H21N3O3S/c1-15(2,3)18-13(20)11-5-4-10(6-9(11)7-19)17-14(21)12(16)8-22/h4-7,12,22H,8,16H2,1-3H3,(H,17,21)(H,18,20). The fourth-order valence-electron chi connectivity index (χ4n) is 1.67. The summed E-state index contributed by atoms with van der Waals surface area (Å²) >= 11 is 3.95. The Labute approximate surface area is 135 Å². The van der Waals surface area contributed by atoms with Crippen molar-refractivity contribution >= 4 is 36.4 Å². The van der Waals surface area contributed by atoms with Gasteiger partial charge in [-0.25, -0.2) is 0 Å². The van der Waals surface area contributed by atoms with Crippen LogP contribution < -0.4 is 16.4 Å². The molecule has 22 heavy (non-hydrogen) atoms. The van der Waals surface area contributed by atoms with Crippen LogP contribution in [-0.2, 0) is 4.79 Å². The first kappa shape index (κ1) is 18.2. The van der Waals surface area contributed by atoms with E-state index in [0.717, 1.165) is 0 Å². The smallest absolute Gasteiger partial charge is 0.252 e. The summed E-state index contributed by atoms with van der Waals surface area (Å²) in [5.74, 6) is -0.545. The van der Waals surface area contributed by atoms with Gasteiger partial charge in [-0.15, -0.1) is 0 Å². The van der Waals surface area contributed by atoms with Gasteiger partial charge >= 0.3 is 0 Å². The van der Waals surface area contributed by atoms with Gasteiger partial charge in [-0.3, -0.25) is 14.4 Å². The molecule has 7 heteroatoms. The zero-order chi connectivity index (χ0) is 16.9. The lowest BCUT2D eigenvalue weighted by Crippen LogP contribution is -2.41. The lowest BCUT2D eigenvalue weighted by molar-refractivity contribution is -0.116. The molecule has 0 saturated heterocycles. The van der Waals surface area contributed by atoms with E-state index in [0.29, 0.717) is 12.0 Å². The highest BCUT2D eigenvalue weighted by molar-refractivity contribution is 7.80. The Kier molecular flexibility index (Phi) is 6.13.